The van der Waals surface area contributed by atoms with Crippen molar-refractivity contribution in [2.24, 2.45) is 10.8 Å². The maximum atomic E-state index is 12.1. The lowest BCUT2D eigenvalue weighted by molar-refractivity contribution is -0.138. The summed E-state index contributed by atoms with van der Waals surface area (Å²) < 4.78 is 0. The van der Waals surface area contributed by atoms with Crippen LogP contribution in [0, 0.1) is 10.8 Å². The number of nitrogens with zero attached hydrogens (tertiary/aromatic N) is 1. The van der Waals surface area contributed by atoms with Gasteiger partial charge in [-0.2, -0.15) is 0 Å². The van der Waals surface area contributed by atoms with Gasteiger partial charge >= 0.3 is 12.0 Å². The third-order valence-electron chi connectivity index (χ3n) is 4.48. The molecule has 0 radical (unpaired) electrons. The minimum Gasteiger partial charge on any atom is -0.480 e. The van der Waals surface area contributed by atoms with Crippen LogP contribution in [0.2, 0.25) is 0 Å². The van der Waals surface area contributed by atoms with E-state index in [1.807, 2.05) is 13.8 Å². The van der Waals surface area contributed by atoms with E-state index in [-0.39, 0.29) is 35.5 Å². The van der Waals surface area contributed by atoms with Gasteiger partial charge in [-0.25, -0.2) is 4.79 Å². The standard InChI is InChI=1S/C13H24N2O3/c1-8(2)15(7-9(16)17)11(18)14-10-12(3,4)13(10,5)6/h8,10H,7H2,1-6H3,(H,14,18)(H,16,17). The van der Waals surface area contributed by atoms with Crippen molar-refractivity contribution in [1.82, 2.24) is 10.2 Å². The maximum absolute atomic E-state index is 12.1. The molecule has 104 valence electrons. The van der Waals surface area contributed by atoms with Crippen molar-refractivity contribution in [1.29, 1.82) is 0 Å². The SMILES string of the molecule is CC(C)N(CC(=O)O)C(=O)NC1C(C)(C)C1(C)C. The quantitative estimate of drug-likeness (QED) is 0.807. The summed E-state index contributed by atoms with van der Waals surface area (Å²) in [6.07, 6.45) is 0. The molecule has 2 amide bonds. The summed E-state index contributed by atoms with van der Waals surface area (Å²) in [5, 5.41) is 11.8. The van der Waals surface area contributed by atoms with E-state index in [0.717, 1.165) is 0 Å². The minimum absolute atomic E-state index is 0.0501. The monoisotopic (exact) mass is 256 g/mol. The van der Waals surface area contributed by atoms with Crippen LogP contribution in [0.1, 0.15) is 41.5 Å². The Balaban J connectivity index is 2.67. The van der Waals surface area contributed by atoms with Gasteiger partial charge in [-0.15, -0.1) is 0 Å². The van der Waals surface area contributed by atoms with Gasteiger partial charge in [0.2, 0.25) is 0 Å². The Kier molecular flexibility index (Phi) is 3.65. The average molecular weight is 256 g/mol. The number of urea groups is 1. The third kappa shape index (κ3) is 2.44. The van der Waals surface area contributed by atoms with Gasteiger partial charge in [0.15, 0.2) is 0 Å². The molecule has 1 aliphatic rings. The highest BCUT2D eigenvalue weighted by atomic mass is 16.4. The Bertz CT molecular complexity index is 347. The molecule has 1 saturated carbocycles. The molecular weight excluding hydrogens is 232 g/mol. The normalized spacial score (nSPS) is 20.6. The molecule has 1 fully saturated rings. The van der Waals surface area contributed by atoms with Crippen LogP contribution in [0.4, 0.5) is 4.79 Å². The first-order chi connectivity index (χ1) is 8.01. The molecule has 0 saturated heterocycles. The fourth-order valence-corrected chi connectivity index (χ4v) is 2.40. The van der Waals surface area contributed by atoms with Crippen molar-refractivity contribution in [2.75, 3.05) is 6.54 Å². The van der Waals surface area contributed by atoms with Crippen LogP contribution in [0.15, 0.2) is 0 Å². The van der Waals surface area contributed by atoms with Crippen LogP contribution in [0.25, 0.3) is 0 Å². The van der Waals surface area contributed by atoms with E-state index < -0.39 is 5.97 Å². The van der Waals surface area contributed by atoms with Crippen LogP contribution < -0.4 is 5.32 Å². The summed E-state index contributed by atoms with van der Waals surface area (Å²) in [7, 11) is 0. The number of amides is 2. The van der Waals surface area contributed by atoms with Gasteiger partial charge in [0, 0.05) is 12.1 Å². The van der Waals surface area contributed by atoms with Gasteiger partial charge in [0.25, 0.3) is 0 Å². The van der Waals surface area contributed by atoms with Crippen LogP contribution in [0.5, 0.6) is 0 Å². The first-order valence-electron chi connectivity index (χ1n) is 6.30. The number of rotatable bonds is 4. The van der Waals surface area contributed by atoms with Crippen LogP contribution in [-0.4, -0.2) is 40.6 Å². The number of carbonyl (C=O) groups is 2. The number of aliphatic carboxylic acids is 1. The summed E-state index contributed by atoms with van der Waals surface area (Å²) in [4.78, 5) is 24.2. The molecule has 5 nitrogen and oxygen atoms in total. The van der Waals surface area contributed by atoms with Crippen molar-refractivity contribution < 1.29 is 14.7 Å². The van der Waals surface area contributed by atoms with E-state index in [2.05, 4.69) is 33.0 Å². The number of hydrogen-bond acceptors (Lipinski definition) is 2. The van der Waals surface area contributed by atoms with Gasteiger partial charge in [0.1, 0.15) is 6.54 Å². The van der Waals surface area contributed by atoms with Gasteiger partial charge < -0.3 is 15.3 Å². The molecular formula is C13H24N2O3. The van der Waals surface area contributed by atoms with E-state index in [4.69, 9.17) is 5.11 Å². The average Bonchev–Trinajstić information content (AvgIpc) is 2.56. The van der Waals surface area contributed by atoms with E-state index >= 15 is 0 Å². The molecule has 1 aliphatic carbocycles. The van der Waals surface area contributed by atoms with Crippen molar-refractivity contribution in [3.05, 3.63) is 0 Å². The Hall–Kier alpha value is -1.26. The highest BCUT2D eigenvalue weighted by Gasteiger charge is 2.65. The number of nitrogens with one attached hydrogen (secondary N) is 1. The Morgan fingerprint density at radius 3 is 1.94 bits per heavy atom. The fourth-order valence-electron chi connectivity index (χ4n) is 2.40. The van der Waals surface area contributed by atoms with E-state index in [1.165, 1.54) is 4.90 Å². The zero-order chi connectivity index (χ0) is 14.3. The van der Waals surface area contributed by atoms with Crippen molar-refractivity contribution in [3.8, 4) is 0 Å². The summed E-state index contributed by atoms with van der Waals surface area (Å²) in [6.45, 7) is 11.8. The molecule has 0 bridgehead atoms. The number of carboxylic acids is 1. The first-order valence-corrected chi connectivity index (χ1v) is 6.30. The highest BCUT2D eigenvalue weighted by molar-refractivity contribution is 5.81. The topological polar surface area (TPSA) is 69.6 Å². The summed E-state index contributed by atoms with van der Waals surface area (Å²) in [5.41, 5.74) is 0.100. The molecule has 1 rings (SSSR count). The second kappa shape index (κ2) is 4.44. The molecule has 0 aromatic rings. The second-order valence-electron chi connectivity index (χ2n) is 6.44. The van der Waals surface area contributed by atoms with Crippen molar-refractivity contribution in [2.45, 2.75) is 53.6 Å². The molecule has 18 heavy (non-hydrogen) atoms. The Labute approximate surface area is 109 Å². The lowest BCUT2D eigenvalue weighted by Gasteiger charge is -2.25. The van der Waals surface area contributed by atoms with Crippen LogP contribution in [0.3, 0.4) is 0 Å². The smallest absolute Gasteiger partial charge is 0.323 e. The number of carboxylic acid groups (broad SMARTS) is 1. The van der Waals surface area contributed by atoms with Crippen LogP contribution >= 0.6 is 0 Å². The Morgan fingerprint density at radius 2 is 1.67 bits per heavy atom. The van der Waals surface area contributed by atoms with E-state index in [1.54, 1.807) is 0 Å². The second-order valence-corrected chi connectivity index (χ2v) is 6.44. The van der Waals surface area contributed by atoms with Crippen molar-refractivity contribution >= 4 is 12.0 Å². The molecule has 0 spiro atoms. The molecule has 0 aromatic heterocycles. The number of carbonyl (C=O) groups excluding carboxylic acids is 1. The molecule has 2 N–H and O–H groups in total. The summed E-state index contributed by atoms with van der Waals surface area (Å²) in [6, 6.07) is -0.338. The lowest BCUT2D eigenvalue weighted by atomic mass is 10.0. The zero-order valence-corrected chi connectivity index (χ0v) is 12.1. The third-order valence-corrected chi connectivity index (χ3v) is 4.48. The zero-order valence-electron chi connectivity index (χ0n) is 12.1. The fraction of sp³-hybridized carbons (Fsp3) is 0.846. The van der Waals surface area contributed by atoms with Gasteiger partial charge in [-0.1, -0.05) is 27.7 Å². The predicted molar refractivity (Wildman–Crippen MR) is 69.4 cm³/mol. The van der Waals surface area contributed by atoms with Gasteiger partial charge in [-0.3, -0.25) is 4.79 Å². The maximum Gasteiger partial charge on any atom is 0.323 e. The largest absolute Gasteiger partial charge is 0.480 e. The van der Waals surface area contributed by atoms with E-state index in [9.17, 15) is 9.59 Å². The minimum atomic E-state index is -0.992. The van der Waals surface area contributed by atoms with Gasteiger partial charge in [0.05, 0.1) is 0 Å². The lowest BCUT2D eigenvalue weighted by Crippen LogP contribution is -2.48. The molecule has 0 unspecified atom stereocenters. The molecule has 0 aromatic carbocycles. The first kappa shape index (κ1) is 14.8. The molecule has 0 atom stereocenters. The molecule has 5 heteroatoms. The van der Waals surface area contributed by atoms with Crippen LogP contribution in [-0.2, 0) is 4.79 Å². The van der Waals surface area contributed by atoms with E-state index in [0.29, 0.717) is 0 Å². The van der Waals surface area contributed by atoms with Gasteiger partial charge in [-0.05, 0) is 24.7 Å². The predicted octanol–water partition coefficient (Wildman–Crippen LogP) is 1.93. The summed E-state index contributed by atoms with van der Waals surface area (Å²) >= 11 is 0. The Morgan fingerprint density at radius 1 is 1.22 bits per heavy atom. The van der Waals surface area contributed by atoms with Crippen molar-refractivity contribution in [3.63, 3.8) is 0 Å². The summed E-state index contributed by atoms with van der Waals surface area (Å²) in [5.74, 6) is -0.992. The molecule has 0 heterocycles. The molecule has 0 aliphatic heterocycles. The highest BCUT2D eigenvalue weighted by Crippen LogP contribution is 2.62. The number of hydrogen-bond donors (Lipinski definition) is 2.